The van der Waals surface area contributed by atoms with Gasteiger partial charge in [0, 0.05) is 18.6 Å². The van der Waals surface area contributed by atoms with E-state index < -0.39 is 0 Å². The number of hydrogen-bond acceptors (Lipinski definition) is 4. The van der Waals surface area contributed by atoms with Gasteiger partial charge in [0.15, 0.2) is 0 Å². The Bertz CT molecular complexity index is 354. The molecule has 1 saturated carbocycles. The molecule has 2 fully saturated rings. The minimum Gasteiger partial charge on any atom is -0.376 e. The molecule has 4 atom stereocenters. The predicted octanol–water partition coefficient (Wildman–Crippen LogP) is 2.30. The first kappa shape index (κ1) is 15.8. The largest absolute Gasteiger partial charge is 0.376 e. The van der Waals surface area contributed by atoms with E-state index in [1.165, 1.54) is 0 Å². The Kier molecular flexibility index (Phi) is 5.42. The number of ether oxygens (including phenoxy) is 1. The van der Waals surface area contributed by atoms with E-state index in [9.17, 15) is 5.26 Å². The Morgan fingerprint density at radius 1 is 1.45 bits per heavy atom. The second-order valence-corrected chi connectivity index (χ2v) is 6.42. The minimum atomic E-state index is -0.291. The molecule has 1 aliphatic heterocycles. The van der Waals surface area contributed by atoms with Crippen LogP contribution in [0.4, 0.5) is 0 Å². The van der Waals surface area contributed by atoms with Crippen LogP contribution in [-0.2, 0) is 4.74 Å². The van der Waals surface area contributed by atoms with Gasteiger partial charge in [0.1, 0.15) is 5.54 Å². The third kappa shape index (κ3) is 3.33. The van der Waals surface area contributed by atoms with Crippen molar-refractivity contribution in [1.82, 2.24) is 10.2 Å². The smallest absolute Gasteiger partial charge is 0.108 e. The second kappa shape index (κ2) is 6.89. The molecular formula is C16H29N3O. The van der Waals surface area contributed by atoms with Crippen LogP contribution in [0.3, 0.4) is 0 Å². The molecule has 0 bridgehead atoms. The number of nitrogens with one attached hydrogen (secondary N) is 1. The number of nitriles is 1. The Hall–Kier alpha value is -0.630. The summed E-state index contributed by atoms with van der Waals surface area (Å²) in [5, 5.41) is 13.1. The van der Waals surface area contributed by atoms with E-state index in [4.69, 9.17) is 4.74 Å². The molecule has 1 saturated heterocycles. The summed E-state index contributed by atoms with van der Waals surface area (Å²) in [5.41, 5.74) is -0.291. The Balaban J connectivity index is 2.01. The summed E-state index contributed by atoms with van der Waals surface area (Å²) < 4.78 is 5.79. The monoisotopic (exact) mass is 279 g/mol. The molecule has 4 unspecified atom stereocenters. The molecule has 2 rings (SSSR count). The molecule has 4 nitrogen and oxygen atoms in total. The number of hydrogen-bond donors (Lipinski definition) is 1. The topological polar surface area (TPSA) is 48.3 Å². The van der Waals surface area contributed by atoms with Crippen LogP contribution in [0.5, 0.6) is 0 Å². The fourth-order valence-electron chi connectivity index (χ4n) is 3.64. The molecule has 1 heterocycles. The predicted molar refractivity (Wildman–Crippen MR) is 80.5 cm³/mol. The maximum Gasteiger partial charge on any atom is 0.108 e. The molecule has 20 heavy (non-hydrogen) atoms. The van der Waals surface area contributed by atoms with Gasteiger partial charge in [0.25, 0.3) is 0 Å². The highest BCUT2D eigenvalue weighted by Gasteiger charge is 2.43. The van der Waals surface area contributed by atoms with Gasteiger partial charge in [-0.2, -0.15) is 5.26 Å². The van der Waals surface area contributed by atoms with Crippen molar-refractivity contribution in [2.45, 2.75) is 76.6 Å². The molecule has 0 aromatic carbocycles. The lowest BCUT2D eigenvalue weighted by molar-refractivity contribution is -0.0720. The number of rotatable bonds is 5. The average molecular weight is 279 g/mol. The summed E-state index contributed by atoms with van der Waals surface area (Å²) in [6.07, 6.45) is 5.61. The molecule has 0 radical (unpaired) electrons. The zero-order valence-corrected chi connectivity index (χ0v) is 13.2. The van der Waals surface area contributed by atoms with Crippen molar-refractivity contribution in [2.75, 3.05) is 19.7 Å². The maximum absolute atomic E-state index is 9.58. The quantitative estimate of drug-likeness (QED) is 0.839. The number of nitrogens with zero attached hydrogens (tertiary/aromatic N) is 2. The summed E-state index contributed by atoms with van der Waals surface area (Å²) in [7, 11) is 0. The summed E-state index contributed by atoms with van der Waals surface area (Å²) in [6, 6.07) is 3.62. The molecule has 0 spiro atoms. The lowest BCUT2D eigenvalue weighted by Gasteiger charge is -2.42. The van der Waals surface area contributed by atoms with E-state index in [0.717, 1.165) is 51.8 Å². The first-order chi connectivity index (χ1) is 9.64. The van der Waals surface area contributed by atoms with Gasteiger partial charge in [0.2, 0.25) is 0 Å². The Morgan fingerprint density at radius 3 is 2.90 bits per heavy atom. The van der Waals surface area contributed by atoms with Crippen molar-refractivity contribution in [3.63, 3.8) is 0 Å². The van der Waals surface area contributed by atoms with Gasteiger partial charge in [-0.25, -0.2) is 0 Å². The molecular weight excluding hydrogens is 250 g/mol. The standard InChI is InChI=1S/C16H29N3O/c1-4-8-18-16(12-17)7-6-15(9-16)19-10-13(3)20-11-14(19)5-2/h13-15,18H,4-11H2,1-3H3. The van der Waals surface area contributed by atoms with Crippen molar-refractivity contribution >= 4 is 0 Å². The molecule has 0 aromatic rings. The van der Waals surface area contributed by atoms with E-state index in [2.05, 4.69) is 37.1 Å². The third-order valence-electron chi connectivity index (χ3n) is 4.87. The summed E-state index contributed by atoms with van der Waals surface area (Å²) in [5.74, 6) is 0. The van der Waals surface area contributed by atoms with Crippen LogP contribution in [0.1, 0.15) is 52.9 Å². The Labute approximate surface area is 123 Å². The molecule has 4 heteroatoms. The lowest BCUT2D eigenvalue weighted by atomic mass is 9.98. The highest BCUT2D eigenvalue weighted by atomic mass is 16.5. The van der Waals surface area contributed by atoms with Gasteiger partial charge in [-0.3, -0.25) is 10.2 Å². The van der Waals surface area contributed by atoms with Gasteiger partial charge < -0.3 is 4.74 Å². The fraction of sp³-hybridized carbons (Fsp3) is 0.938. The molecule has 1 aliphatic carbocycles. The Morgan fingerprint density at radius 2 is 2.25 bits per heavy atom. The van der Waals surface area contributed by atoms with Crippen molar-refractivity contribution < 1.29 is 4.74 Å². The van der Waals surface area contributed by atoms with Crippen LogP contribution < -0.4 is 5.32 Å². The van der Waals surface area contributed by atoms with Crippen LogP contribution in [0.2, 0.25) is 0 Å². The van der Waals surface area contributed by atoms with Crippen LogP contribution in [0.25, 0.3) is 0 Å². The molecule has 0 amide bonds. The van der Waals surface area contributed by atoms with Crippen molar-refractivity contribution in [1.29, 1.82) is 5.26 Å². The van der Waals surface area contributed by atoms with E-state index in [-0.39, 0.29) is 5.54 Å². The second-order valence-electron chi connectivity index (χ2n) is 6.42. The molecule has 114 valence electrons. The van der Waals surface area contributed by atoms with Crippen LogP contribution in [-0.4, -0.2) is 48.3 Å². The summed E-state index contributed by atoms with van der Waals surface area (Å²) in [6.45, 7) is 9.34. The minimum absolute atomic E-state index is 0.291. The van der Waals surface area contributed by atoms with Crippen LogP contribution in [0.15, 0.2) is 0 Å². The van der Waals surface area contributed by atoms with Gasteiger partial charge in [-0.1, -0.05) is 13.8 Å². The van der Waals surface area contributed by atoms with E-state index in [0.29, 0.717) is 18.2 Å². The van der Waals surface area contributed by atoms with Crippen molar-refractivity contribution in [3.05, 3.63) is 0 Å². The lowest BCUT2D eigenvalue weighted by Crippen LogP contribution is -2.53. The van der Waals surface area contributed by atoms with Crippen LogP contribution >= 0.6 is 0 Å². The first-order valence-electron chi connectivity index (χ1n) is 8.17. The first-order valence-corrected chi connectivity index (χ1v) is 8.17. The van der Waals surface area contributed by atoms with E-state index in [1.54, 1.807) is 0 Å². The average Bonchev–Trinajstić information content (AvgIpc) is 2.90. The summed E-state index contributed by atoms with van der Waals surface area (Å²) in [4.78, 5) is 2.61. The van der Waals surface area contributed by atoms with Gasteiger partial charge >= 0.3 is 0 Å². The maximum atomic E-state index is 9.58. The SMILES string of the molecule is CCCNC1(C#N)CCC(N2CC(C)OCC2CC)C1. The normalized spacial score (nSPS) is 38.8. The van der Waals surface area contributed by atoms with E-state index in [1.807, 2.05) is 0 Å². The molecule has 1 N–H and O–H groups in total. The number of morpholine rings is 1. The van der Waals surface area contributed by atoms with Gasteiger partial charge in [-0.15, -0.1) is 0 Å². The third-order valence-corrected chi connectivity index (χ3v) is 4.87. The zero-order valence-electron chi connectivity index (χ0n) is 13.2. The highest BCUT2D eigenvalue weighted by Crippen LogP contribution is 2.35. The highest BCUT2D eigenvalue weighted by molar-refractivity contribution is 5.13. The van der Waals surface area contributed by atoms with Gasteiger partial charge in [-0.05, 0) is 45.6 Å². The molecule has 0 aromatic heterocycles. The van der Waals surface area contributed by atoms with Crippen LogP contribution in [0, 0.1) is 11.3 Å². The van der Waals surface area contributed by atoms with Crippen molar-refractivity contribution in [2.24, 2.45) is 0 Å². The molecule has 2 aliphatic rings. The zero-order chi connectivity index (χ0) is 14.6. The fourth-order valence-corrected chi connectivity index (χ4v) is 3.64. The van der Waals surface area contributed by atoms with Gasteiger partial charge in [0.05, 0.1) is 18.8 Å². The van der Waals surface area contributed by atoms with E-state index >= 15 is 0 Å². The van der Waals surface area contributed by atoms with Crippen molar-refractivity contribution in [3.8, 4) is 6.07 Å². The summed E-state index contributed by atoms with van der Waals surface area (Å²) >= 11 is 0.